The predicted octanol–water partition coefficient (Wildman–Crippen LogP) is 2.83. The van der Waals surface area contributed by atoms with Crippen LogP contribution in [0.15, 0.2) is 42.6 Å². The Morgan fingerprint density at radius 3 is 2.66 bits per heavy atom. The number of aromatic nitrogens is 1. The van der Waals surface area contributed by atoms with Crippen LogP contribution >= 0.6 is 0 Å². The average Bonchev–Trinajstić information content (AvgIpc) is 2.78. The van der Waals surface area contributed by atoms with Gasteiger partial charge in [-0.25, -0.2) is 4.79 Å². The fourth-order valence-electron chi connectivity index (χ4n) is 2.48. The van der Waals surface area contributed by atoms with E-state index in [4.69, 9.17) is 24.7 Å². The fourth-order valence-corrected chi connectivity index (χ4v) is 2.48. The van der Waals surface area contributed by atoms with Crippen molar-refractivity contribution in [2.24, 2.45) is 0 Å². The van der Waals surface area contributed by atoms with Crippen molar-refractivity contribution in [1.82, 2.24) is 4.98 Å². The highest BCUT2D eigenvalue weighted by atomic mass is 16.6. The van der Waals surface area contributed by atoms with Crippen molar-refractivity contribution in [2.75, 3.05) is 27.4 Å². The van der Waals surface area contributed by atoms with Crippen LogP contribution in [0.3, 0.4) is 0 Å². The predicted molar refractivity (Wildman–Crippen MR) is 107 cm³/mol. The first-order valence-electron chi connectivity index (χ1n) is 9.22. The molecule has 1 aromatic carbocycles. The van der Waals surface area contributed by atoms with Crippen molar-refractivity contribution in [1.29, 1.82) is 5.41 Å². The summed E-state index contributed by atoms with van der Waals surface area (Å²) in [6.07, 6.45) is 4.04. The third kappa shape index (κ3) is 7.52. The molecule has 0 amide bonds. The Bertz CT molecular complexity index is 805. The van der Waals surface area contributed by atoms with Crippen molar-refractivity contribution in [3.8, 4) is 11.5 Å². The zero-order chi connectivity index (χ0) is 21.1. The highest BCUT2D eigenvalue weighted by Crippen LogP contribution is 2.19. The Morgan fingerprint density at radius 2 is 2.03 bits per heavy atom. The first-order chi connectivity index (χ1) is 14.0. The van der Waals surface area contributed by atoms with Crippen molar-refractivity contribution < 1.29 is 28.8 Å². The lowest BCUT2D eigenvalue weighted by atomic mass is 10.2. The molecule has 0 radical (unpaired) electrons. The Hall–Kier alpha value is -2.97. The van der Waals surface area contributed by atoms with Crippen molar-refractivity contribution in [3.63, 3.8) is 0 Å². The maximum absolute atomic E-state index is 11.5. The minimum atomic E-state index is -0.467. The average molecular weight is 402 g/mol. The summed E-state index contributed by atoms with van der Waals surface area (Å²) in [6, 6.07) is 10.1. The molecule has 29 heavy (non-hydrogen) atoms. The molecule has 1 aliphatic heterocycles. The summed E-state index contributed by atoms with van der Waals surface area (Å²) >= 11 is 0. The monoisotopic (exact) mass is 402 g/mol. The molecule has 3 rings (SSSR count). The van der Waals surface area contributed by atoms with E-state index in [2.05, 4.69) is 9.72 Å². The molecule has 8 nitrogen and oxygen atoms in total. The molecule has 1 aromatic heterocycles. The molecule has 8 heteroatoms. The second-order valence-corrected chi connectivity index (χ2v) is 6.19. The molecule has 2 N–H and O–H groups in total. The van der Waals surface area contributed by atoms with Gasteiger partial charge in [-0.05, 0) is 43.5 Å². The Morgan fingerprint density at radius 1 is 1.24 bits per heavy atom. The van der Waals surface area contributed by atoms with Gasteiger partial charge in [0.2, 0.25) is 0 Å². The van der Waals surface area contributed by atoms with Gasteiger partial charge in [0.15, 0.2) is 6.29 Å². The van der Waals surface area contributed by atoms with Gasteiger partial charge in [-0.3, -0.25) is 10.4 Å². The van der Waals surface area contributed by atoms with E-state index in [1.54, 1.807) is 31.4 Å². The standard InChI is InChI=1S/C16H16N2O4.C5H10O2/c1-20-12-4-3-5-13(9-12)22-10-14(17)15-8-11(6-7-18-15)16(19)21-2;6-5-3-1-2-4-7-5/h3-9,17H,10H2,1-2H3;5-6H,1-4H2. The third-order valence-electron chi connectivity index (χ3n) is 4.07. The Balaban J connectivity index is 0.000000360. The first-order valence-corrected chi connectivity index (χ1v) is 9.22. The maximum Gasteiger partial charge on any atom is 0.337 e. The van der Waals surface area contributed by atoms with Gasteiger partial charge in [0, 0.05) is 18.9 Å². The summed E-state index contributed by atoms with van der Waals surface area (Å²) in [5.41, 5.74) is 0.873. The van der Waals surface area contributed by atoms with Crippen molar-refractivity contribution in [2.45, 2.75) is 25.6 Å². The van der Waals surface area contributed by atoms with E-state index >= 15 is 0 Å². The number of hydrogen-bond acceptors (Lipinski definition) is 8. The van der Waals surface area contributed by atoms with E-state index in [1.165, 1.54) is 25.4 Å². The lowest BCUT2D eigenvalue weighted by Crippen LogP contribution is -2.17. The molecular formula is C21H26N2O6. The SMILES string of the molecule is COC(=O)c1ccnc(C(=N)COc2cccc(OC)c2)c1.OC1CCCCO1. The van der Waals surface area contributed by atoms with Crippen LogP contribution in [-0.2, 0) is 9.47 Å². The number of carbonyl (C=O) groups is 1. The lowest BCUT2D eigenvalue weighted by molar-refractivity contribution is -0.123. The molecular weight excluding hydrogens is 376 g/mol. The van der Waals surface area contributed by atoms with Crippen LogP contribution in [0.25, 0.3) is 0 Å². The number of nitrogens with zero attached hydrogens (tertiary/aromatic N) is 1. The van der Waals surface area contributed by atoms with Crippen LogP contribution in [0.1, 0.15) is 35.3 Å². The van der Waals surface area contributed by atoms with Gasteiger partial charge in [-0.1, -0.05) is 6.07 Å². The molecule has 2 heterocycles. The van der Waals surface area contributed by atoms with Crippen molar-refractivity contribution >= 4 is 11.7 Å². The Kier molecular flexibility index (Phi) is 9.07. The van der Waals surface area contributed by atoms with Gasteiger partial charge in [0.1, 0.15) is 18.1 Å². The van der Waals surface area contributed by atoms with Gasteiger partial charge in [-0.15, -0.1) is 0 Å². The molecule has 156 valence electrons. The van der Waals surface area contributed by atoms with E-state index in [0.29, 0.717) is 22.8 Å². The number of hydrogen-bond donors (Lipinski definition) is 2. The van der Waals surface area contributed by atoms with E-state index in [-0.39, 0.29) is 12.3 Å². The Labute approximate surface area is 169 Å². The van der Waals surface area contributed by atoms with Crippen LogP contribution < -0.4 is 9.47 Å². The molecule has 2 aromatic rings. The van der Waals surface area contributed by atoms with E-state index in [1.807, 2.05) is 0 Å². The topological polar surface area (TPSA) is 111 Å². The number of ether oxygens (including phenoxy) is 4. The van der Waals surface area contributed by atoms with Crippen LogP contribution in [0, 0.1) is 5.41 Å². The largest absolute Gasteiger partial charge is 0.497 e. The van der Waals surface area contributed by atoms with Gasteiger partial charge in [-0.2, -0.15) is 0 Å². The number of benzene rings is 1. The van der Waals surface area contributed by atoms with Crippen LogP contribution in [0.4, 0.5) is 0 Å². The molecule has 0 bridgehead atoms. The number of aliphatic hydroxyl groups excluding tert-OH is 1. The summed E-state index contributed by atoms with van der Waals surface area (Å²) < 4.78 is 20.1. The third-order valence-corrected chi connectivity index (χ3v) is 4.07. The molecule has 0 spiro atoms. The molecule has 0 aliphatic carbocycles. The van der Waals surface area contributed by atoms with Crippen LogP contribution in [-0.4, -0.2) is 55.5 Å². The van der Waals surface area contributed by atoms with E-state index in [0.717, 1.165) is 25.9 Å². The van der Waals surface area contributed by atoms with E-state index in [9.17, 15) is 4.79 Å². The minimum absolute atomic E-state index is 0.0325. The molecule has 1 aliphatic rings. The zero-order valence-electron chi connectivity index (χ0n) is 16.6. The summed E-state index contributed by atoms with van der Waals surface area (Å²) in [5.74, 6) is 0.799. The van der Waals surface area contributed by atoms with Crippen LogP contribution in [0.2, 0.25) is 0 Å². The number of aliphatic hydroxyl groups is 1. The fraction of sp³-hybridized carbons (Fsp3) is 0.381. The second-order valence-electron chi connectivity index (χ2n) is 6.19. The first kappa shape index (κ1) is 22.3. The van der Waals surface area contributed by atoms with Crippen LogP contribution in [0.5, 0.6) is 11.5 Å². The van der Waals surface area contributed by atoms with Crippen molar-refractivity contribution in [3.05, 3.63) is 53.9 Å². The van der Waals surface area contributed by atoms with Gasteiger partial charge in [0.25, 0.3) is 0 Å². The lowest BCUT2D eigenvalue weighted by Gasteiger charge is -2.16. The van der Waals surface area contributed by atoms with Gasteiger partial charge >= 0.3 is 5.97 Å². The molecule has 1 fully saturated rings. The highest BCUT2D eigenvalue weighted by Gasteiger charge is 2.10. The van der Waals surface area contributed by atoms with Gasteiger partial charge in [0.05, 0.1) is 31.2 Å². The molecule has 1 unspecified atom stereocenters. The summed E-state index contributed by atoms with van der Waals surface area (Å²) in [5, 5.41) is 16.7. The second kappa shape index (κ2) is 11.8. The summed E-state index contributed by atoms with van der Waals surface area (Å²) in [7, 11) is 2.88. The smallest absolute Gasteiger partial charge is 0.337 e. The number of esters is 1. The summed E-state index contributed by atoms with van der Waals surface area (Å²) in [6.45, 7) is 0.770. The normalized spacial score (nSPS) is 15.5. The quantitative estimate of drug-likeness (QED) is 0.564. The minimum Gasteiger partial charge on any atom is -0.497 e. The number of methoxy groups -OCH3 is 2. The molecule has 1 saturated heterocycles. The number of rotatable bonds is 6. The number of pyridine rings is 1. The number of nitrogens with one attached hydrogen (secondary N) is 1. The highest BCUT2D eigenvalue weighted by molar-refractivity contribution is 6.00. The van der Waals surface area contributed by atoms with Gasteiger partial charge < -0.3 is 24.1 Å². The number of carbonyl (C=O) groups excluding carboxylic acids is 1. The zero-order valence-corrected chi connectivity index (χ0v) is 16.6. The maximum atomic E-state index is 11.5. The van der Waals surface area contributed by atoms with E-state index < -0.39 is 12.3 Å². The summed E-state index contributed by atoms with van der Waals surface area (Å²) in [4.78, 5) is 15.5. The molecule has 1 atom stereocenters. The molecule has 0 saturated carbocycles.